The third kappa shape index (κ3) is 5.03. The van der Waals surface area contributed by atoms with Gasteiger partial charge >= 0.3 is 5.97 Å². The number of nitrogens with zero attached hydrogens (tertiary/aromatic N) is 1. The molecule has 1 aliphatic rings. The van der Waals surface area contributed by atoms with Gasteiger partial charge in [0, 0.05) is 23.6 Å². The zero-order chi connectivity index (χ0) is 22.5. The monoisotopic (exact) mass is 453 g/mol. The molecule has 1 aromatic heterocycles. The van der Waals surface area contributed by atoms with Gasteiger partial charge in [0.1, 0.15) is 0 Å². The van der Waals surface area contributed by atoms with Crippen molar-refractivity contribution in [3.8, 4) is 11.5 Å². The van der Waals surface area contributed by atoms with Crippen molar-refractivity contribution in [3.05, 3.63) is 64.7 Å². The summed E-state index contributed by atoms with van der Waals surface area (Å²) in [6.07, 6.45) is 0. The van der Waals surface area contributed by atoms with Crippen LogP contribution in [0.5, 0.6) is 11.5 Å². The number of fused-ring (bicyclic) bond motifs is 1. The third-order valence-corrected chi connectivity index (χ3v) is 5.30. The van der Waals surface area contributed by atoms with Crippen LogP contribution in [0.2, 0.25) is 0 Å². The fourth-order valence-corrected chi connectivity index (χ4v) is 3.63. The topological polar surface area (TPSA) is 116 Å². The van der Waals surface area contributed by atoms with Crippen LogP contribution in [0.15, 0.2) is 47.8 Å². The number of ether oxygens (including phenoxy) is 3. The first kappa shape index (κ1) is 21.3. The van der Waals surface area contributed by atoms with Crippen LogP contribution in [0.4, 0.5) is 10.8 Å². The number of carbonyl (C=O) groups is 3. The number of carbonyl (C=O) groups excluding carboxylic acids is 3. The summed E-state index contributed by atoms with van der Waals surface area (Å²) in [5.74, 6) is -0.729. The number of nitrogens with one attached hydrogen (secondary N) is 2. The molecule has 32 heavy (non-hydrogen) atoms. The maximum absolute atomic E-state index is 12.3. The van der Waals surface area contributed by atoms with Gasteiger partial charge in [-0.05, 0) is 18.6 Å². The van der Waals surface area contributed by atoms with Crippen LogP contribution in [0.25, 0.3) is 0 Å². The first-order valence-corrected chi connectivity index (χ1v) is 10.5. The van der Waals surface area contributed by atoms with Crippen LogP contribution < -0.4 is 20.1 Å². The van der Waals surface area contributed by atoms with Crippen LogP contribution in [0.3, 0.4) is 0 Å². The molecule has 0 aliphatic carbocycles. The molecule has 1 aliphatic heterocycles. The number of rotatable bonds is 8. The predicted octanol–water partition coefficient (Wildman–Crippen LogP) is 3.48. The standard InChI is InChI=1S/C22H19N3O6S/c1-13(26)15-7-18-19(31-12-30-18)8-16(15)24-20(27)10-29-21(28)17-11-32-22(25-17)23-9-14-5-3-2-4-6-14/h2-8,11H,9-10,12H2,1H3,(H,23,25)(H,24,27). The lowest BCUT2D eigenvalue weighted by Crippen LogP contribution is -2.22. The second-order valence-corrected chi connectivity index (χ2v) is 7.67. The number of hydrogen-bond acceptors (Lipinski definition) is 9. The van der Waals surface area contributed by atoms with E-state index in [-0.39, 0.29) is 29.5 Å². The van der Waals surface area contributed by atoms with Crippen molar-refractivity contribution in [3.63, 3.8) is 0 Å². The highest BCUT2D eigenvalue weighted by molar-refractivity contribution is 7.13. The number of thiazole rings is 1. The van der Waals surface area contributed by atoms with Crippen LogP contribution in [0, 0.1) is 0 Å². The Morgan fingerprint density at radius 1 is 1.12 bits per heavy atom. The smallest absolute Gasteiger partial charge is 0.358 e. The Labute approximate surface area is 187 Å². The van der Waals surface area contributed by atoms with Crippen molar-refractivity contribution >= 4 is 39.8 Å². The molecule has 4 rings (SSSR count). The summed E-state index contributed by atoms with van der Waals surface area (Å²) in [5, 5.41) is 7.83. The van der Waals surface area contributed by atoms with Crippen LogP contribution in [0.1, 0.15) is 33.3 Å². The quantitative estimate of drug-likeness (QED) is 0.393. The Morgan fingerprint density at radius 2 is 1.88 bits per heavy atom. The summed E-state index contributed by atoms with van der Waals surface area (Å²) in [6.45, 7) is 1.45. The normalized spacial score (nSPS) is 11.7. The number of Topliss-reactive ketones (excluding diaryl/α,β-unsaturated/α-hetero) is 1. The van der Waals surface area contributed by atoms with Crippen molar-refractivity contribution in [2.45, 2.75) is 13.5 Å². The molecule has 3 aromatic rings. The van der Waals surface area contributed by atoms with E-state index in [0.29, 0.717) is 23.2 Å². The summed E-state index contributed by atoms with van der Waals surface area (Å²) >= 11 is 1.26. The average molecular weight is 453 g/mol. The van der Waals surface area contributed by atoms with Gasteiger partial charge in [0.25, 0.3) is 5.91 Å². The highest BCUT2D eigenvalue weighted by atomic mass is 32.1. The first-order valence-electron chi connectivity index (χ1n) is 9.64. The zero-order valence-corrected chi connectivity index (χ0v) is 17.9. The van der Waals surface area contributed by atoms with Gasteiger partial charge in [-0.2, -0.15) is 0 Å². The molecule has 9 nitrogen and oxygen atoms in total. The lowest BCUT2D eigenvalue weighted by atomic mass is 10.1. The molecule has 0 radical (unpaired) electrons. The van der Waals surface area contributed by atoms with Crippen LogP contribution in [-0.2, 0) is 16.1 Å². The van der Waals surface area contributed by atoms with Crippen molar-refractivity contribution in [2.75, 3.05) is 24.0 Å². The molecule has 2 N–H and O–H groups in total. The summed E-state index contributed by atoms with van der Waals surface area (Å²) in [5.41, 5.74) is 1.70. The number of esters is 1. The zero-order valence-electron chi connectivity index (χ0n) is 17.0. The van der Waals surface area contributed by atoms with Crippen molar-refractivity contribution in [2.24, 2.45) is 0 Å². The lowest BCUT2D eigenvalue weighted by Gasteiger charge is -2.10. The molecule has 0 saturated heterocycles. The SMILES string of the molecule is CC(=O)c1cc2c(cc1NC(=O)COC(=O)c1csc(NCc3ccccc3)n1)OCO2. The van der Waals surface area contributed by atoms with Gasteiger partial charge in [-0.1, -0.05) is 30.3 Å². The Balaban J connectivity index is 1.31. The van der Waals surface area contributed by atoms with Gasteiger partial charge in [-0.15, -0.1) is 11.3 Å². The van der Waals surface area contributed by atoms with Gasteiger partial charge < -0.3 is 24.8 Å². The number of amides is 1. The largest absolute Gasteiger partial charge is 0.454 e. The van der Waals surface area contributed by atoms with E-state index in [1.165, 1.54) is 30.4 Å². The number of aromatic nitrogens is 1. The summed E-state index contributed by atoms with van der Waals surface area (Å²) < 4.78 is 15.6. The molecule has 10 heteroatoms. The van der Waals surface area contributed by atoms with Crippen molar-refractivity contribution in [1.29, 1.82) is 0 Å². The number of ketones is 1. The highest BCUT2D eigenvalue weighted by Gasteiger charge is 2.21. The fraction of sp³-hybridized carbons (Fsp3) is 0.182. The Bertz CT molecular complexity index is 1160. The first-order chi connectivity index (χ1) is 15.5. The number of anilines is 2. The highest BCUT2D eigenvalue weighted by Crippen LogP contribution is 2.37. The van der Waals surface area contributed by atoms with E-state index in [4.69, 9.17) is 14.2 Å². The third-order valence-electron chi connectivity index (χ3n) is 4.50. The van der Waals surface area contributed by atoms with Gasteiger partial charge in [0.2, 0.25) is 6.79 Å². The molecular weight excluding hydrogens is 434 g/mol. The second kappa shape index (κ2) is 9.48. The van der Waals surface area contributed by atoms with E-state index in [1.54, 1.807) is 5.38 Å². The van der Waals surface area contributed by atoms with Gasteiger partial charge in [-0.3, -0.25) is 9.59 Å². The molecule has 164 valence electrons. The molecule has 0 unspecified atom stereocenters. The Kier molecular flexibility index (Phi) is 6.31. The molecule has 0 atom stereocenters. The molecule has 0 fully saturated rings. The van der Waals surface area contributed by atoms with E-state index in [0.717, 1.165) is 5.56 Å². The lowest BCUT2D eigenvalue weighted by molar-refractivity contribution is -0.119. The number of benzene rings is 2. The second-order valence-electron chi connectivity index (χ2n) is 6.81. The van der Waals surface area contributed by atoms with Gasteiger partial charge in [0.15, 0.2) is 34.7 Å². The van der Waals surface area contributed by atoms with Crippen molar-refractivity contribution < 1.29 is 28.6 Å². The molecule has 0 bridgehead atoms. The minimum Gasteiger partial charge on any atom is -0.454 e. The van der Waals surface area contributed by atoms with Crippen LogP contribution in [-0.4, -0.2) is 36.0 Å². The summed E-state index contributed by atoms with van der Waals surface area (Å²) in [4.78, 5) is 40.6. The molecule has 2 aromatic carbocycles. The Morgan fingerprint density at radius 3 is 2.62 bits per heavy atom. The van der Waals surface area contributed by atoms with E-state index in [2.05, 4.69) is 15.6 Å². The maximum Gasteiger partial charge on any atom is 0.358 e. The summed E-state index contributed by atoms with van der Waals surface area (Å²) in [7, 11) is 0. The minimum absolute atomic E-state index is 0.0392. The molecule has 0 saturated carbocycles. The fourth-order valence-electron chi connectivity index (χ4n) is 2.95. The van der Waals surface area contributed by atoms with Crippen molar-refractivity contribution in [1.82, 2.24) is 4.98 Å². The maximum atomic E-state index is 12.3. The van der Waals surface area contributed by atoms with E-state index in [1.807, 2.05) is 30.3 Å². The molecule has 0 spiro atoms. The molecule has 1 amide bonds. The van der Waals surface area contributed by atoms with E-state index < -0.39 is 18.5 Å². The minimum atomic E-state index is -0.721. The van der Waals surface area contributed by atoms with E-state index in [9.17, 15) is 14.4 Å². The van der Waals surface area contributed by atoms with E-state index >= 15 is 0 Å². The summed E-state index contributed by atoms with van der Waals surface area (Å²) in [6, 6.07) is 12.8. The van der Waals surface area contributed by atoms with Crippen LogP contribution >= 0.6 is 11.3 Å². The average Bonchev–Trinajstić information content (AvgIpc) is 3.45. The van der Waals surface area contributed by atoms with Gasteiger partial charge in [0.05, 0.1) is 5.69 Å². The Hall–Kier alpha value is -3.92. The molecule has 2 heterocycles. The molecular formula is C22H19N3O6S. The number of hydrogen-bond donors (Lipinski definition) is 2. The van der Waals surface area contributed by atoms with Gasteiger partial charge in [-0.25, -0.2) is 9.78 Å². The predicted molar refractivity (Wildman–Crippen MR) is 117 cm³/mol.